The second-order valence-corrected chi connectivity index (χ2v) is 7.00. The third kappa shape index (κ3) is 3.44. The molecule has 1 atom stereocenters. The SMILES string of the molecule is CC(=O)C1=C(C)N(c2cccc(C(F)(F)F)c2)c2nnnn2C1c1ccc(C#N)cc1. The summed E-state index contributed by atoms with van der Waals surface area (Å²) in [5.74, 6) is -0.0961. The standard InChI is InChI=1S/C21H15F3N6O/c1-12-18(13(2)31)19(15-8-6-14(11-25)7-9-15)30-20(26-27-28-30)29(12)17-5-3-4-16(10-17)21(22,23)24/h3-10,19H,1-2H3. The van der Waals surface area contributed by atoms with E-state index in [2.05, 4.69) is 15.5 Å². The normalized spacial score (nSPS) is 16.1. The van der Waals surface area contributed by atoms with E-state index >= 15 is 0 Å². The number of hydrogen-bond acceptors (Lipinski definition) is 6. The van der Waals surface area contributed by atoms with E-state index in [0.29, 0.717) is 22.4 Å². The lowest BCUT2D eigenvalue weighted by Crippen LogP contribution is -2.33. The molecule has 1 aliphatic heterocycles. The molecule has 0 radical (unpaired) electrons. The summed E-state index contributed by atoms with van der Waals surface area (Å²) in [5, 5.41) is 20.8. The van der Waals surface area contributed by atoms with Crippen molar-refractivity contribution in [2.45, 2.75) is 26.1 Å². The first-order valence-corrected chi connectivity index (χ1v) is 9.19. The number of hydrogen-bond donors (Lipinski definition) is 0. The molecule has 156 valence electrons. The fourth-order valence-corrected chi connectivity index (χ4v) is 3.72. The molecular weight excluding hydrogens is 409 g/mol. The summed E-state index contributed by atoms with van der Waals surface area (Å²) in [6.45, 7) is 3.03. The lowest BCUT2D eigenvalue weighted by molar-refractivity contribution is -0.137. The summed E-state index contributed by atoms with van der Waals surface area (Å²) in [5.41, 5.74) is 1.23. The van der Waals surface area contributed by atoms with Crippen LogP contribution >= 0.6 is 0 Å². The summed E-state index contributed by atoms with van der Waals surface area (Å²) in [7, 11) is 0. The van der Waals surface area contributed by atoms with Crippen molar-refractivity contribution in [2.24, 2.45) is 0 Å². The number of fused-ring (bicyclic) bond motifs is 1. The average Bonchev–Trinajstić information content (AvgIpc) is 3.21. The zero-order chi connectivity index (χ0) is 22.3. The number of anilines is 2. The number of Topliss-reactive ketones (excluding diaryl/α,β-unsaturated/α-hetero) is 1. The molecule has 2 heterocycles. The Bertz CT molecular complexity index is 1240. The Balaban J connectivity index is 1.92. The van der Waals surface area contributed by atoms with Crippen molar-refractivity contribution < 1.29 is 18.0 Å². The van der Waals surface area contributed by atoms with Gasteiger partial charge in [0.2, 0.25) is 0 Å². The third-order valence-corrected chi connectivity index (χ3v) is 5.09. The van der Waals surface area contributed by atoms with E-state index < -0.39 is 17.8 Å². The lowest BCUT2D eigenvalue weighted by Gasteiger charge is -2.35. The minimum atomic E-state index is -4.52. The number of nitrogens with zero attached hydrogens (tertiary/aromatic N) is 6. The number of allylic oxidation sites excluding steroid dienone is 2. The van der Waals surface area contributed by atoms with Gasteiger partial charge >= 0.3 is 6.18 Å². The van der Waals surface area contributed by atoms with Crippen molar-refractivity contribution in [2.75, 3.05) is 4.90 Å². The lowest BCUT2D eigenvalue weighted by atomic mass is 9.92. The highest BCUT2D eigenvalue weighted by molar-refractivity contribution is 5.97. The van der Waals surface area contributed by atoms with Gasteiger partial charge in [-0.05, 0) is 60.2 Å². The molecule has 3 aromatic rings. The fourth-order valence-electron chi connectivity index (χ4n) is 3.72. The van der Waals surface area contributed by atoms with Gasteiger partial charge in [0.15, 0.2) is 5.78 Å². The van der Waals surface area contributed by atoms with Crippen LogP contribution in [0.2, 0.25) is 0 Å². The van der Waals surface area contributed by atoms with Gasteiger partial charge in [0.1, 0.15) is 6.04 Å². The fraction of sp³-hybridized carbons (Fsp3) is 0.190. The van der Waals surface area contributed by atoms with Gasteiger partial charge in [-0.3, -0.25) is 9.69 Å². The summed E-state index contributed by atoms with van der Waals surface area (Å²) in [6, 6.07) is 12.7. The van der Waals surface area contributed by atoms with Crippen LogP contribution < -0.4 is 4.90 Å². The van der Waals surface area contributed by atoms with Gasteiger partial charge in [0, 0.05) is 17.0 Å². The van der Waals surface area contributed by atoms with Crippen molar-refractivity contribution in [1.82, 2.24) is 20.2 Å². The Morgan fingerprint density at radius 2 is 1.87 bits per heavy atom. The van der Waals surface area contributed by atoms with Crippen LogP contribution in [0.15, 0.2) is 59.8 Å². The van der Waals surface area contributed by atoms with Crippen LogP contribution in [0.1, 0.15) is 36.6 Å². The number of halogens is 3. The molecule has 0 amide bonds. The second-order valence-electron chi connectivity index (χ2n) is 7.00. The maximum atomic E-state index is 13.3. The van der Waals surface area contributed by atoms with E-state index in [4.69, 9.17) is 5.26 Å². The summed E-state index contributed by atoms with van der Waals surface area (Å²) < 4.78 is 41.2. The van der Waals surface area contributed by atoms with Gasteiger partial charge in [0.05, 0.1) is 17.2 Å². The molecule has 0 fully saturated rings. The molecule has 0 N–H and O–H groups in total. The first-order chi connectivity index (χ1) is 14.7. The largest absolute Gasteiger partial charge is 0.416 e. The molecule has 0 spiro atoms. The summed E-state index contributed by atoms with van der Waals surface area (Å²) in [6.07, 6.45) is -4.52. The number of nitriles is 1. The molecule has 1 unspecified atom stereocenters. The van der Waals surface area contributed by atoms with Crippen molar-refractivity contribution in [3.63, 3.8) is 0 Å². The molecule has 31 heavy (non-hydrogen) atoms. The highest BCUT2D eigenvalue weighted by atomic mass is 19.4. The summed E-state index contributed by atoms with van der Waals surface area (Å²) in [4.78, 5) is 14.1. The van der Waals surface area contributed by atoms with Gasteiger partial charge in [-0.2, -0.15) is 23.1 Å². The molecule has 7 nitrogen and oxygen atoms in total. The predicted octanol–water partition coefficient (Wildman–Crippen LogP) is 4.17. The first-order valence-electron chi connectivity index (χ1n) is 9.19. The topological polar surface area (TPSA) is 87.7 Å². The van der Waals surface area contributed by atoms with Gasteiger partial charge in [0.25, 0.3) is 5.95 Å². The zero-order valence-corrected chi connectivity index (χ0v) is 16.4. The van der Waals surface area contributed by atoms with Crippen molar-refractivity contribution in [3.8, 4) is 6.07 Å². The van der Waals surface area contributed by atoms with Crippen LogP contribution in [0.4, 0.5) is 24.8 Å². The smallest absolute Gasteiger partial charge is 0.295 e. The second kappa shape index (κ2) is 7.36. The van der Waals surface area contributed by atoms with Crippen LogP contribution in [0.25, 0.3) is 0 Å². The Labute approximate surface area is 175 Å². The molecule has 1 aromatic heterocycles. The highest BCUT2D eigenvalue weighted by Gasteiger charge is 2.38. The minimum Gasteiger partial charge on any atom is -0.295 e. The maximum Gasteiger partial charge on any atom is 0.416 e. The maximum absolute atomic E-state index is 13.3. The van der Waals surface area contributed by atoms with E-state index in [9.17, 15) is 18.0 Å². The molecule has 0 saturated carbocycles. The predicted molar refractivity (Wildman–Crippen MR) is 104 cm³/mol. The number of alkyl halides is 3. The van der Waals surface area contributed by atoms with Crippen molar-refractivity contribution >= 4 is 17.4 Å². The summed E-state index contributed by atoms with van der Waals surface area (Å²) >= 11 is 0. The molecule has 2 aromatic carbocycles. The Kier molecular flexibility index (Phi) is 4.81. The van der Waals surface area contributed by atoms with E-state index in [-0.39, 0.29) is 17.4 Å². The van der Waals surface area contributed by atoms with E-state index in [1.54, 1.807) is 31.2 Å². The van der Waals surface area contributed by atoms with E-state index in [0.717, 1.165) is 12.1 Å². The molecule has 4 rings (SSSR count). The molecular formula is C21H15F3N6O. The van der Waals surface area contributed by atoms with Gasteiger partial charge in [-0.15, -0.1) is 0 Å². The number of rotatable bonds is 3. The van der Waals surface area contributed by atoms with Crippen LogP contribution in [0.5, 0.6) is 0 Å². The molecule has 0 aliphatic carbocycles. The number of aromatic nitrogens is 4. The number of carbonyl (C=O) groups excluding carboxylic acids is 1. The number of carbonyl (C=O) groups is 1. The monoisotopic (exact) mass is 424 g/mol. The molecule has 0 saturated heterocycles. The van der Waals surface area contributed by atoms with E-state index in [1.165, 1.54) is 28.6 Å². The quantitative estimate of drug-likeness (QED) is 0.627. The average molecular weight is 424 g/mol. The molecule has 10 heteroatoms. The molecule has 0 bridgehead atoms. The highest BCUT2D eigenvalue weighted by Crippen LogP contribution is 2.42. The number of tetrazole rings is 1. The van der Waals surface area contributed by atoms with Gasteiger partial charge in [-0.25, -0.2) is 0 Å². The van der Waals surface area contributed by atoms with Crippen LogP contribution in [-0.2, 0) is 11.0 Å². The number of benzene rings is 2. The van der Waals surface area contributed by atoms with E-state index in [1.807, 2.05) is 6.07 Å². The number of ketones is 1. The Morgan fingerprint density at radius 3 is 2.48 bits per heavy atom. The third-order valence-electron chi connectivity index (χ3n) is 5.09. The molecule has 1 aliphatic rings. The van der Waals surface area contributed by atoms with Crippen LogP contribution in [-0.4, -0.2) is 26.0 Å². The minimum absolute atomic E-state index is 0.177. The van der Waals surface area contributed by atoms with Crippen molar-refractivity contribution in [1.29, 1.82) is 5.26 Å². The van der Waals surface area contributed by atoms with Crippen LogP contribution in [0, 0.1) is 11.3 Å². The Morgan fingerprint density at radius 1 is 1.16 bits per heavy atom. The zero-order valence-electron chi connectivity index (χ0n) is 16.4. The van der Waals surface area contributed by atoms with Crippen LogP contribution in [0.3, 0.4) is 0 Å². The van der Waals surface area contributed by atoms with Gasteiger partial charge in [-0.1, -0.05) is 23.3 Å². The van der Waals surface area contributed by atoms with Gasteiger partial charge < -0.3 is 0 Å². The first kappa shape index (κ1) is 20.3. The van der Waals surface area contributed by atoms with Crippen molar-refractivity contribution in [3.05, 3.63) is 76.5 Å². The Hall–Kier alpha value is -4.00.